The Bertz CT molecular complexity index is 629. The fourth-order valence-corrected chi connectivity index (χ4v) is 3.79. The number of carbonyl (C=O) groups is 1. The predicted molar refractivity (Wildman–Crippen MR) is 88.3 cm³/mol. The number of hydrogen-bond acceptors (Lipinski definition) is 3. The van der Waals surface area contributed by atoms with Gasteiger partial charge in [0.1, 0.15) is 5.01 Å². The zero-order valence-electron chi connectivity index (χ0n) is 12.3. The van der Waals surface area contributed by atoms with E-state index in [4.69, 9.17) is 0 Å². The first-order chi connectivity index (χ1) is 10.3. The molecule has 3 nitrogen and oxygen atoms in total. The second kappa shape index (κ2) is 6.39. The van der Waals surface area contributed by atoms with Crippen LogP contribution in [0, 0.1) is 0 Å². The molecule has 1 unspecified atom stereocenters. The van der Waals surface area contributed by atoms with Gasteiger partial charge < -0.3 is 4.90 Å². The summed E-state index contributed by atoms with van der Waals surface area (Å²) >= 11 is 1.62. The Balaban J connectivity index is 1.73. The molecule has 1 aromatic carbocycles. The van der Waals surface area contributed by atoms with Gasteiger partial charge in [0.2, 0.25) is 5.91 Å². The van der Waals surface area contributed by atoms with E-state index in [1.165, 1.54) is 6.42 Å². The molecular formula is C17H20N2OS. The van der Waals surface area contributed by atoms with Crippen molar-refractivity contribution in [2.45, 2.75) is 38.6 Å². The van der Waals surface area contributed by atoms with Gasteiger partial charge in [-0.2, -0.15) is 0 Å². The third-order valence-electron chi connectivity index (χ3n) is 4.06. The Morgan fingerprint density at radius 3 is 3.10 bits per heavy atom. The quantitative estimate of drug-likeness (QED) is 0.800. The number of para-hydroxylation sites is 1. The standard InChI is InChI=1S/C17H20N2OS/c1-2-13-7-5-6-12-19(13)17(20)11-10-16-18-14-8-3-4-9-15(14)21-16/h3-4,8-11,13H,2,5-7,12H2,1H3/b11-10+. The van der Waals surface area contributed by atoms with Gasteiger partial charge in [-0.25, -0.2) is 4.98 Å². The molecule has 1 aliphatic heterocycles. The number of carbonyl (C=O) groups excluding carboxylic acids is 1. The first kappa shape index (κ1) is 14.3. The van der Waals surface area contributed by atoms with Crippen molar-refractivity contribution in [2.75, 3.05) is 6.54 Å². The van der Waals surface area contributed by atoms with Crippen LogP contribution in [-0.2, 0) is 4.79 Å². The summed E-state index contributed by atoms with van der Waals surface area (Å²) in [4.78, 5) is 18.9. The number of thiazole rings is 1. The Hall–Kier alpha value is -1.68. The van der Waals surface area contributed by atoms with E-state index in [0.29, 0.717) is 6.04 Å². The summed E-state index contributed by atoms with van der Waals surface area (Å²) in [5, 5.41) is 0.898. The molecule has 2 aromatic rings. The minimum atomic E-state index is 0.126. The number of aromatic nitrogens is 1. The summed E-state index contributed by atoms with van der Waals surface area (Å²) in [5.41, 5.74) is 0.999. The molecule has 0 radical (unpaired) electrons. The molecule has 21 heavy (non-hydrogen) atoms. The van der Waals surface area contributed by atoms with Crippen molar-refractivity contribution in [2.24, 2.45) is 0 Å². The monoisotopic (exact) mass is 300 g/mol. The van der Waals surface area contributed by atoms with Crippen molar-refractivity contribution in [1.29, 1.82) is 0 Å². The highest BCUT2D eigenvalue weighted by Crippen LogP contribution is 2.23. The molecule has 0 bridgehead atoms. The zero-order valence-corrected chi connectivity index (χ0v) is 13.1. The molecule has 1 saturated heterocycles. The van der Waals surface area contributed by atoms with Crippen molar-refractivity contribution >= 4 is 33.5 Å². The Labute approximate surface area is 129 Å². The largest absolute Gasteiger partial charge is 0.336 e. The second-order valence-corrected chi connectivity index (χ2v) is 6.50. The van der Waals surface area contributed by atoms with E-state index >= 15 is 0 Å². The van der Waals surface area contributed by atoms with Crippen LogP contribution in [0.4, 0.5) is 0 Å². The van der Waals surface area contributed by atoms with E-state index in [1.54, 1.807) is 17.4 Å². The number of hydrogen-bond donors (Lipinski definition) is 0. The molecule has 1 atom stereocenters. The maximum Gasteiger partial charge on any atom is 0.246 e. The van der Waals surface area contributed by atoms with Crippen LogP contribution >= 0.6 is 11.3 Å². The van der Waals surface area contributed by atoms with Crippen molar-refractivity contribution in [3.8, 4) is 0 Å². The van der Waals surface area contributed by atoms with E-state index < -0.39 is 0 Å². The third-order valence-corrected chi connectivity index (χ3v) is 5.06. The van der Waals surface area contributed by atoms with Gasteiger partial charge in [-0.1, -0.05) is 19.1 Å². The minimum absolute atomic E-state index is 0.126. The Morgan fingerprint density at radius 1 is 1.43 bits per heavy atom. The van der Waals surface area contributed by atoms with Gasteiger partial charge in [0, 0.05) is 18.7 Å². The average molecular weight is 300 g/mol. The molecule has 2 heterocycles. The molecule has 0 saturated carbocycles. The first-order valence-corrected chi connectivity index (χ1v) is 8.44. The van der Waals surface area contributed by atoms with Crippen LogP contribution in [0.1, 0.15) is 37.6 Å². The lowest BCUT2D eigenvalue weighted by atomic mass is 10.00. The highest BCUT2D eigenvalue weighted by molar-refractivity contribution is 7.19. The Kier molecular flexibility index (Phi) is 4.34. The zero-order chi connectivity index (χ0) is 14.7. The molecule has 1 aromatic heterocycles. The average Bonchev–Trinajstić information content (AvgIpc) is 2.95. The van der Waals surface area contributed by atoms with Crippen molar-refractivity contribution < 1.29 is 4.79 Å². The highest BCUT2D eigenvalue weighted by atomic mass is 32.1. The van der Waals surface area contributed by atoms with Crippen LogP contribution in [-0.4, -0.2) is 28.4 Å². The summed E-state index contributed by atoms with van der Waals surface area (Å²) < 4.78 is 1.16. The van der Waals surface area contributed by atoms with E-state index in [0.717, 1.165) is 41.0 Å². The molecule has 4 heteroatoms. The van der Waals surface area contributed by atoms with E-state index in [2.05, 4.69) is 18.0 Å². The normalized spacial score (nSPS) is 19.5. The summed E-state index contributed by atoms with van der Waals surface area (Å²) in [7, 11) is 0. The van der Waals surface area contributed by atoms with Crippen LogP contribution in [0.15, 0.2) is 30.3 Å². The SMILES string of the molecule is CCC1CCCCN1C(=O)/C=C/c1nc2ccccc2s1. The van der Waals surface area contributed by atoms with Gasteiger partial charge in [0.25, 0.3) is 0 Å². The number of nitrogens with zero attached hydrogens (tertiary/aromatic N) is 2. The van der Waals surface area contributed by atoms with Crippen molar-refractivity contribution in [3.05, 3.63) is 35.3 Å². The molecule has 110 valence electrons. The maximum absolute atomic E-state index is 12.4. The smallest absolute Gasteiger partial charge is 0.246 e. The van der Waals surface area contributed by atoms with Crippen LogP contribution in [0.3, 0.4) is 0 Å². The number of amides is 1. The van der Waals surface area contributed by atoms with E-state index in [1.807, 2.05) is 29.2 Å². The highest BCUT2D eigenvalue weighted by Gasteiger charge is 2.23. The number of piperidine rings is 1. The molecule has 0 aliphatic carbocycles. The summed E-state index contributed by atoms with van der Waals surface area (Å²) in [6, 6.07) is 8.47. The first-order valence-electron chi connectivity index (χ1n) is 7.62. The van der Waals surface area contributed by atoms with Gasteiger partial charge in [0.15, 0.2) is 0 Å². The number of benzene rings is 1. The molecule has 3 rings (SSSR count). The van der Waals surface area contributed by atoms with Crippen LogP contribution in [0.5, 0.6) is 0 Å². The van der Waals surface area contributed by atoms with Gasteiger partial charge in [-0.15, -0.1) is 11.3 Å². The van der Waals surface area contributed by atoms with Gasteiger partial charge in [-0.05, 0) is 43.9 Å². The summed E-state index contributed by atoms with van der Waals surface area (Å²) in [6.45, 7) is 3.05. The summed E-state index contributed by atoms with van der Waals surface area (Å²) in [5.74, 6) is 0.126. The molecule has 1 amide bonds. The second-order valence-electron chi connectivity index (χ2n) is 5.44. The fraction of sp³-hybridized carbons (Fsp3) is 0.412. The number of fused-ring (bicyclic) bond motifs is 1. The lowest BCUT2D eigenvalue weighted by Crippen LogP contribution is -2.42. The lowest BCUT2D eigenvalue weighted by molar-refractivity contribution is -0.129. The molecule has 1 fully saturated rings. The molecular weight excluding hydrogens is 280 g/mol. The van der Waals surface area contributed by atoms with Crippen LogP contribution in [0.25, 0.3) is 16.3 Å². The van der Waals surface area contributed by atoms with Crippen LogP contribution in [0.2, 0.25) is 0 Å². The predicted octanol–water partition coefficient (Wildman–Crippen LogP) is 4.10. The third kappa shape index (κ3) is 3.16. The van der Waals surface area contributed by atoms with Gasteiger partial charge >= 0.3 is 0 Å². The van der Waals surface area contributed by atoms with E-state index in [-0.39, 0.29) is 5.91 Å². The maximum atomic E-state index is 12.4. The topological polar surface area (TPSA) is 33.2 Å². The fourth-order valence-electron chi connectivity index (χ4n) is 2.91. The minimum Gasteiger partial charge on any atom is -0.336 e. The number of rotatable bonds is 3. The van der Waals surface area contributed by atoms with Crippen LogP contribution < -0.4 is 0 Å². The summed E-state index contributed by atoms with van der Waals surface area (Å²) in [6.07, 6.45) is 8.08. The molecule has 0 N–H and O–H groups in total. The lowest BCUT2D eigenvalue weighted by Gasteiger charge is -2.34. The Morgan fingerprint density at radius 2 is 2.29 bits per heavy atom. The van der Waals surface area contributed by atoms with Gasteiger partial charge in [0.05, 0.1) is 10.2 Å². The molecule has 1 aliphatic rings. The van der Waals surface area contributed by atoms with Crippen molar-refractivity contribution in [3.63, 3.8) is 0 Å². The van der Waals surface area contributed by atoms with Gasteiger partial charge in [-0.3, -0.25) is 4.79 Å². The van der Waals surface area contributed by atoms with E-state index in [9.17, 15) is 4.79 Å². The van der Waals surface area contributed by atoms with Crippen molar-refractivity contribution in [1.82, 2.24) is 9.88 Å². The number of likely N-dealkylation sites (tertiary alicyclic amines) is 1. The molecule has 0 spiro atoms.